The highest BCUT2D eigenvalue weighted by atomic mass is 32.1. The lowest BCUT2D eigenvalue weighted by Crippen LogP contribution is -1.87. The van der Waals surface area contributed by atoms with Crippen LogP contribution in [0.25, 0.3) is 10.6 Å². The molecule has 0 atom stereocenters. The number of nitrogens with zero attached hydrogens (tertiary/aromatic N) is 2. The predicted molar refractivity (Wildman–Crippen MR) is 64.7 cm³/mol. The second-order valence-corrected chi connectivity index (χ2v) is 5.34. The van der Waals surface area contributed by atoms with Crippen LogP contribution in [-0.4, -0.2) is 17.0 Å². The normalized spacial score (nSPS) is 15.5. The zero-order valence-corrected chi connectivity index (χ0v) is 9.99. The van der Waals surface area contributed by atoms with Crippen LogP contribution in [0.4, 0.5) is 5.13 Å². The Labute approximate surface area is 96.2 Å². The molecule has 1 saturated carbocycles. The first-order valence-corrected chi connectivity index (χ1v) is 6.71. The minimum atomic E-state index is 0.700. The molecular formula is C10H11N3S2. The minimum absolute atomic E-state index is 0.700. The smallest absolute Gasteiger partial charge is 0.182 e. The van der Waals surface area contributed by atoms with Crippen molar-refractivity contribution in [3.8, 4) is 10.6 Å². The van der Waals surface area contributed by atoms with Crippen molar-refractivity contribution in [3.05, 3.63) is 16.6 Å². The Morgan fingerprint density at radius 3 is 2.93 bits per heavy atom. The standard InChI is InChI=1S/C10H11N3S2/c1-11-10-13-7(4-14-10)9-8(6-2-3-6)12-5-15-9/h4-6H,2-3H2,1H3,(H,11,13). The average Bonchev–Trinajstić information content (AvgIpc) is 2.83. The summed E-state index contributed by atoms with van der Waals surface area (Å²) in [5, 5.41) is 6.14. The molecule has 0 amide bonds. The van der Waals surface area contributed by atoms with Crippen LogP contribution in [0.15, 0.2) is 10.9 Å². The summed E-state index contributed by atoms with van der Waals surface area (Å²) in [7, 11) is 1.90. The van der Waals surface area contributed by atoms with Gasteiger partial charge in [0.2, 0.25) is 0 Å². The zero-order valence-electron chi connectivity index (χ0n) is 8.36. The molecule has 2 heterocycles. The molecule has 2 aromatic heterocycles. The van der Waals surface area contributed by atoms with Gasteiger partial charge in [-0.25, -0.2) is 9.97 Å². The summed E-state index contributed by atoms with van der Waals surface area (Å²) < 4.78 is 0. The molecule has 0 bridgehead atoms. The van der Waals surface area contributed by atoms with Crippen molar-refractivity contribution in [1.29, 1.82) is 0 Å². The topological polar surface area (TPSA) is 37.8 Å². The average molecular weight is 237 g/mol. The first-order valence-electron chi connectivity index (χ1n) is 4.95. The Bertz CT molecular complexity index is 470. The molecule has 0 spiro atoms. The second-order valence-electron chi connectivity index (χ2n) is 3.63. The number of aromatic nitrogens is 2. The quantitative estimate of drug-likeness (QED) is 0.891. The molecule has 0 radical (unpaired) electrons. The molecule has 5 heteroatoms. The van der Waals surface area contributed by atoms with Crippen molar-refractivity contribution in [2.45, 2.75) is 18.8 Å². The van der Waals surface area contributed by atoms with Gasteiger partial charge in [0.05, 0.1) is 21.8 Å². The molecule has 15 heavy (non-hydrogen) atoms. The third-order valence-corrected chi connectivity index (χ3v) is 4.23. The Morgan fingerprint density at radius 2 is 2.27 bits per heavy atom. The molecule has 2 aromatic rings. The van der Waals surface area contributed by atoms with Crippen LogP contribution in [0.1, 0.15) is 24.5 Å². The van der Waals surface area contributed by atoms with E-state index in [0.29, 0.717) is 5.92 Å². The molecule has 1 aliphatic carbocycles. The summed E-state index contributed by atoms with van der Waals surface area (Å²) in [6.45, 7) is 0. The van der Waals surface area contributed by atoms with E-state index in [4.69, 9.17) is 0 Å². The Balaban J connectivity index is 2.00. The molecule has 3 rings (SSSR count). The predicted octanol–water partition coefficient (Wildman–Crippen LogP) is 3.19. The summed E-state index contributed by atoms with van der Waals surface area (Å²) in [6.07, 6.45) is 2.58. The van der Waals surface area contributed by atoms with E-state index in [-0.39, 0.29) is 0 Å². The summed E-state index contributed by atoms with van der Waals surface area (Å²) in [5.74, 6) is 0.700. The molecule has 0 unspecified atom stereocenters. The Hall–Kier alpha value is -0.940. The number of thiazole rings is 2. The third kappa shape index (κ3) is 1.66. The van der Waals surface area contributed by atoms with E-state index in [2.05, 4.69) is 20.7 Å². The van der Waals surface area contributed by atoms with Crippen LogP contribution in [-0.2, 0) is 0 Å². The monoisotopic (exact) mass is 237 g/mol. The molecule has 1 aliphatic rings. The van der Waals surface area contributed by atoms with Crippen molar-refractivity contribution in [2.75, 3.05) is 12.4 Å². The van der Waals surface area contributed by atoms with Gasteiger partial charge in [0.25, 0.3) is 0 Å². The lowest BCUT2D eigenvalue weighted by Gasteiger charge is -1.95. The molecule has 1 N–H and O–H groups in total. The number of hydrogen-bond donors (Lipinski definition) is 1. The van der Waals surface area contributed by atoms with Crippen LogP contribution >= 0.6 is 22.7 Å². The summed E-state index contributed by atoms with van der Waals surface area (Å²) in [4.78, 5) is 10.2. The number of anilines is 1. The van der Waals surface area contributed by atoms with Crippen molar-refractivity contribution in [3.63, 3.8) is 0 Å². The molecule has 78 valence electrons. The third-order valence-electron chi connectivity index (χ3n) is 2.51. The van der Waals surface area contributed by atoms with Crippen molar-refractivity contribution in [2.24, 2.45) is 0 Å². The summed E-state index contributed by atoms with van der Waals surface area (Å²) >= 11 is 3.35. The van der Waals surface area contributed by atoms with Gasteiger partial charge in [-0.15, -0.1) is 22.7 Å². The van der Waals surface area contributed by atoms with Crippen LogP contribution in [0.2, 0.25) is 0 Å². The van der Waals surface area contributed by atoms with E-state index in [1.54, 1.807) is 22.7 Å². The highest BCUT2D eigenvalue weighted by Gasteiger charge is 2.29. The van der Waals surface area contributed by atoms with Gasteiger partial charge in [-0.1, -0.05) is 0 Å². The van der Waals surface area contributed by atoms with Gasteiger partial charge in [0.15, 0.2) is 5.13 Å². The lowest BCUT2D eigenvalue weighted by molar-refractivity contribution is 1.05. The maximum absolute atomic E-state index is 4.52. The van der Waals surface area contributed by atoms with Gasteiger partial charge in [-0.2, -0.15) is 0 Å². The maximum atomic E-state index is 4.52. The van der Waals surface area contributed by atoms with Crippen LogP contribution < -0.4 is 5.32 Å². The molecular weight excluding hydrogens is 226 g/mol. The van der Waals surface area contributed by atoms with Gasteiger partial charge in [0.1, 0.15) is 0 Å². The largest absolute Gasteiger partial charge is 0.365 e. The van der Waals surface area contributed by atoms with Crippen molar-refractivity contribution < 1.29 is 0 Å². The molecule has 0 saturated heterocycles. The fourth-order valence-electron chi connectivity index (χ4n) is 1.59. The second kappa shape index (κ2) is 3.57. The molecule has 1 fully saturated rings. The van der Waals surface area contributed by atoms with E-state index in [1.807, 2.05) is 12.6 Å². The highest BCUT2D eigenvalue weighted by molar-refractivity contribution is 7.15. The van der Waals surface area contributed by atoms with Gasteiger partial charge in [-0.05, 0) is 12.8 Å². The molecule has 0 aromatic carbocycles. The van der Waals surface area contributed by atoms with Gasteiger partial charge in [-0.3, -0.25) is 0 Å². The maximum Gasteiger partial charge on any atom is 0.182 e. The Kier molecular flexibility index (Phi) is 2.21. The molecule has 0 aliphatic heterocycles. The Morgan fingerprint density at radius 1 is 1.40 bits per heavy atom. The van der Waals surface area contributed by atoms with E-state index >= 15 is 0 Å². The van der Waals surface area contributed by atoms with E-state index in [1.165, 1.54) is 23.4 Å². The van der Waals surface area contributed by atoms with Crippen molar-refractivity contribution in [1.82, 2.24) is 9.97 Å². The highest BCUT2D eigenvalue weighted by Crippen LogP contribution is 2.45. The van der Waals surface area contributed by atoms with E-state index < -0.39 is 0 Å². The van der Waals surface area contributed by atoms with Crippen molar-refractivity contribution >= 4 is 27.8 Å². The molecule has 3 nitrogen and oxygen atoms in total. The number of hydrogen-bond acceptors (Lipinski definition) is 5. The minimum Gasteiger partial charge on any atom is -0.365 e. The van der Waals surface area contributed by atoms with Crippen LogP contribution in [0.3, 0.4) is 0 Å². The van der Waals surface area contributed by atoms with Gasteiger partial charge in [0, 0.05) is 18.3 Å². The zero-order chi connectivity index (χ0) is 10.3. The van der Waals surface area contributed by atoms with Gasteiger partial charge < -0.3 is 5.32 Å². The van der Waals surface area contributed by atoms with Crippen LogP contribution in [0.5, 0.6) is 0 Å². The first kappa shape index (κ1) is 9.30. The summed E-state index contributed by atoms with van der Waals surface area (Å²) in [6, 6.07) is 0. The van der Waals surface area contributed by atoms with E-state index in [0.717, 1.165) is 10.8 Å². The fourth-order valence-corrected chi connectivity index (χ4v) is 3.16. The summed E-state index contributed by atoms with van der Waals surface area (Å²) in [5.41, 5.74) is 4.27. The fraction of sp³-hybridized carbons (Fsp3) is 0.400. The number of rotatable bonds is 3. The van der Waals surface area contributed by atoms with Crippen LogP contribution in [0, 0.1) is 0 Å². The van der Waals surface area contributed by atoms with Gasteiger partial charge >= 0.3 is 0 Å². The lowest BCUT2D eigenvalue weighted by atomic mass is 10.2. The SMILES string of the molecule is CNc1nc(-c2scnc2C2CC2)cs1. The number of nitrogens with one attached hydrogen (secondary N) is 1. The van der Waals surface area contributed by atoms with E-state index in [9.17, 15) is 0 Å². The first-order chi connectivity index (χ1) is 7.38.